The van der Waals surface area contributed by atoms with Crippen LogP contribution in [0, 0.1) is 24.0 Å². The molecular formula is C27H23N3O10. The maximum absolute atomic E-state index is 13.0. The number of hydrazine groups is 1. The number of non-ortho nitro benzene ring substituents is 1. The summed E-state index contributed by atoms with van der Waals surface area (Å²) < 4.78 is 10.2. The summed E-state index contributed by atoms with van der Waals surface area (Å²) in [6.07, 6.45) is -4.54. The van der Waals surface area contributed by atoms with Gasteiger partial charge >= 0.3 is 17.9 Å². The number of amides is 2. The molecule has 0 spiro atoms. The molecule has 0 aromatic heterocycles. The van der Waals surface area contributed by atoms with Crippen LogP contribution in [0.3, 0.4) is 0 Å². The number of carboxylic acids is 1. The molecule has 40 heavy (non-hydrogen) atoms. The quantitative estimate of drug-likeness (QED) is 0.203. The van der Waals surface area contributed by atoms with Gasteiger partial charge in [0.2, 0.25) is 12.2 Å². The average molecular weight is 549 g/mol. The highest BCUT2D eigenvalue weighted by Crippen LogP contribution is 2.15. The van der Waals surface area contributed by atoms with Crippen molar-refractivity contribution >= 4 is 35.4 Å². The molecule has 13 heteroatoms. The number of nitrogens with one attached hydrogen (secondary N) is 2. The number of carboxylic acid groups (broad SMARTS) is 1. The van der Waals surface area contributed by atoms with Crippen LogP contribution in [-0.4, -0.2) is 52.0 Å². The zero-order valence-corrected chi connectivity index (χ0v) is 21.2. The van der Waals surface area contributed by atoms with E-state index >= 15 is 0 Å². The largest absolute Gasteiger partial charge is 0.478 e. The molecule has 0 aliphatic rings. The van der Waals surface area contributed by atoms with Crippen molar-refractivity contribution in [2.24, 2.45) is 0 Å². The summed E-state index contributed by atoms with van der Waals surface area (Å²) in [5, 5.41) is 20.6. The number of ether oxygens (including phenoxy) is 2. The standard InChI is InChI=1S/C27H23N3O10/c1-15-3-7-18(8-4-15)26(35)39-21(22(25(33)34)40-27(36)19-9-5-16(2)6-10-19)24(32)29-28-23(31)17-11-13-20(14-12-17)30(37)38/h3-14,21-22H,1-2H3,(H,28,31)(H,29,32)(H,33,34)/t21-,22-/m1/s1. The van der Waals surface area contributed by atoms with E-state index in [2.05, 4.69) is 0 Å². The smallest absolute Gasteiger partial charge is 0.349 e. The summed E-state index contributed by atoms with van der Waals surface area (Å²) >= 11 is 0. The van der Waals surface area contributed by atoms with Gasteiger partial charge in [0.1, 0.15) is 0 Å². The van der Waals surface area contributed by atoms with E-state index in [-0.39, 0.29) is 22.4 Å². The molecule has 3 aromatic rings. The number of rotatable bonds is 9. The van der Waals surface area contributed by atoms with Crippen molar-refractivity contribution in [2.45, 2.75) is 26.1 Å². The van der Waals surface area contributed by atoms with Crippen LogP contribution in [0.1, 0.15) is 42.2 Å². The van der Waals surface area contributed by atoms with E-state index in [1.54, 1.807) is 38.1 Å². The maximum atomic E-state index is 13.0. The fourth-order valence-corrected chi connectivity index (χ4v) is 3.24. The summed E-state index contributed by atoms with van der Waals surface area (Å²) in [5.41, 5.74) is 5.17. The van der Waals surface area contributed by atoms with Gasteiger partial charge in [-0.25, -0.2) is 14.4 Å². The average Bonchev–Trinajstić information content (AvgIpc) is 2.93. The third-order valence-electron chi connectivity index (χ3n) is 5.46. The number of esters is 2. The van der Waals surface area contributed by atoms with Crippen molar-refractivity contribution in [3.8, 4) is 0 Å². The van der Waals surface area contributed by atoms with Crippen LogP contribution in [0.15, 0.2) is 72.8 Å². The SMILES string of the molecule is Cc1ccc(C(=O)O[C@@H](C(=O)O)[C@@H](OC(=O)c2ccc(C)cc2)C(=O)NNC(=O)c2ccc([N+](=O)[O-])cc2)cc1. The molecule has 0 fully saturated rings. The van der Waals surface area contributed by atoms with E-state index in [9.17, 15) is 39.2 Å². The number of nitrogens with zero attached hydrogens (tertiary/aromatic N) is 1. The molecule has 0 bridgehead atoms. The summed E-state index contributed by atoms with van der Waals surface area (Å²) in [4.78, 5) is 73.0. The monoisotopic (exact) mass is 549 g/mol. The molecule has 0 heterocycles. The van der Waals surface area contributed by atoms with Crippen LogP contribution < -0.4 is 10.9 Å². The van der Waals surface area contributed by atoms with Gasteiger partial charge in [0.25, 0.3) is 17.5 Å². The van der Waals surface area contributed by atoms with Gasteiger partial charge in [-0.05, 0) is 50.2 Å². The number of carbonyl (C=O) groups excluding carboxylic acids is 4. The fourth-order valence-electron chi connectivity index (χ4n) is 3.24. The molecule has 2 amide bonds. The minimum absolute atomic E-state index is 0.0210. The maximum Gasteiger partial charge on any atom is 0.349 e. The Kier molecular flexibility index (Phi) is 9.25. The number of hydrogen-bond donors (Lipinski definition) is 3. The molecule has 206 valence electrons. The van der Waals surface area contributed by atoms with Gasteiger partial charge in [-0.1, -0.05) is 35.4 Å². The van der Waals surface area contributed by atoms with Crippen LogP contribution >= 0.6 is 0 Å². The van der Waals surface area contributed by atoms with Gasteiger partial charge in [0.05, 0.1) is 16.1 Å². The first-order valence-electron chi connectivity index (χ1n) is 11.6. The first-order chi connectivity index (χ1) is 19.0. The van der Waals surface area contributed by atoms with E-state index < -0.39 is 46.9 Å². The summed E-state index contributed by atoms with van der Waals surface area (Å²) in [6.45, 7) is 3.54. The number of aryl methyl sites for hydroxylation is 2. The molecule has 0 aliphatic carbocycles. The Labute approximate surface area is 226 Å². The highest BCUT2D eigenvalue weighted by Gasteiger charge is 2.41. The van der Waals surface area contributed by atoms with Crippen molar-refractivity contribution < 1.29 is 43.5 Å². The minimum atomic E-state index is -2.31. The number of hydrogen-bond acceptors (Lipinski definition) is 9. The van der Waals surface area contributed by atoms with Gasteiger partial charge < -0.3 is 14.6 Å². The second-order valence-electron chi connectivity index (χ2n) is 8.47. The molecule has 3 aromatic carbocycles. The Morgan fingerprint density at radius 1 is 0.700 bits per heavy atom. The Balaban J connectivity index is 1.83. The fraction of sp³-hybridized carbons (Fsp3) is 0.148. The highest BCUT2D eigenvalue weighted by atomic mass is 16.6. The molecule has 13 nitrogen and oxygen atoms in total. The number of aliphatic carboxylic acids is 1. The highest BCUT2D eigenvalue weighted by molar-refractivity contribution is 5.99. The van der Waals surface area contributed by atoms with Crippen molar-refractivity contribution in [1.29, 1.82) is 0 Å². The third-order valence-corrected chi connectivity index (χ3v) is 5.46. The van der Waals surface area contributed by atoms with Crippen LogP contribution in [0.4, 0.5) is 5.69 Å². The molecule has 0 unspecified atom stereocenters. The number of carbonyl (C=O) groups is 5. The summed E-state index contributed by atoms with van der Waals surface area (Å²) in [6, 6.07) is 16.3. The Hall–Kier alpha value is -5.59. The van der Waals surface area contributed by atoms with Crippen molar-refractivity contribution in [2.75, 3.05) is 0 Å². The molecule has 0 saturated carbocycles. The second kappa shape index (κ2) is 12.8. The van der Waals surface area contributed by atoms with Gasteiger partial charge in [-0.3, -0.25) is 30.6 Å². The van der Waals surface area contributed by atoms with Crippen molar-refractivity contribution in [3.05, 3.63) is 111 Å². The van der Waals surface area contributed by atoms with E-state index in [1.165, 1.54) is 24.3 Å². The van der Waals surface area contributed by atoms with E-state index in [0.717, 1.165) is 35.4 Å². The first-order valence-corrected chi connectivity index (χ1v) is 11.6. The predicted molar refractivity (Wildman–Crippen MR) is 137 cm³/mol. The zero-order valence-electron chi connectivity index (χ0n) is 21.2. The normalized spacial score (nSPS) is 11.8. The lowest BCUT2D eigenvalue weighted by Gasteiger charge is -2.23. The van der Waals surface area contributed by atoms with E-state index in [0.29, 0.717) is 0 Å². The van der Waals surface area contributed by atoms with Crippen LogP contribution in [-0.2, 0) is 19.1 Å². The Morgan fingerprint density at radius 2 is 1.12 bits per heavy atom. The Morgan fingerprint density at radius 3 is 1.55 bits per heavy atom. The zero-order chi connectivity index (χ0) is 29.4. The van der Waals surface area contributed by atoms with Gasteiger partial charge in [-0.15, -0.1) is 0 Å². The lowest BCUT2D eigenvalue weighted by molar-refractivity contribution is -0.384. The van der Waals surface area contributed by atoms with E-state index in [1.807, 2.05) is 10.9 Å². The van der Waals surface area contributed by atoms with Crippen LogP contribution in [0.2, 0.25) is 0 Å². The summed E-state index contributed by atoms with van der Waals surface area (Å²) in [5.74, 6) is -6.26. The molecule has 0 saturated heterocycles. The molecular weight excluding hydrogens is 526 g/mol. The Bertz CT molecular complexity index is 1430. The van der Waals surface area contributed by atoms with Crippen LogP contribution in [0.5, 0.6) is 0 Å². The molecule has 0 aliphatic heterocycles. The second-order valence-corrected chi connectivity index (χ2v) is 8.47. The van der Waals surface area contributed by atoms with Crippen molar-refractivity contribution in [3.63, 3.8) is 0 Å². The number of nitro benzene ring substituents is 1. The van der Waals surface area contributed by atoms with Gasteiger partial charge in [-0.2, -0.15) is 0 Å². The molecule has 3 rings (SSSR count). The number of nitro groups is 1. The minimum Gasteiger partial charge on any atom is -0.478 e. The molecule has 2 atom stereocenters. The lowest BCUT2D eigenvalue weighted by atomic mass is 10.1. The topological polar surface area (TPSA) is 191 Å². The lowest BCUT2D eigenvalue weighted by Crippen LogP contribution is -2.54. The molecule has 3 N–H and O–H groups in total. The van der Waals surface area contributed by atoms with Crippen molar-refractivity contribution in [1.82, 2.24) is 10.9 Å². The van der Waals surface area contributed by atoms with E-state index in [4.69, 9.17) is 9.47 Å². The third kappa shape index (κ3) is 7.47. The van der Waals surface area contributed by atoms with Crippen LogP contribution in [0.25, 0.3) is 0 Å². The summed E-state index contributed by atoms with van der Waals surface area (Å²) in [7, 11) is 0. The number of benzene rings is 3. The molecule has 0 radical (unpaired) electrons. The predicted octanol–water partition coefficient (Wildman–Crippen LogP) is 2.51. The first kappa shape index (κ1) is 29.0. The van der Waals surface area contributed by atoms with Gasteiger partial charge in [0, 0.05) is 17.7 Å². The van der Waals surface area contributed by atoms with Gasteiger partial charge in [0.15, 0.2) is 0 Å².